The Labute approximate surface area is 128 Å². The Morgan fingerprint density at radius 2 is 1.95 bits per heavy atom. The van der Waals surface area contributed by atoms with E-state index < -0.39 is 0 Å². The number of nitrogens with zero attached hydrogens (tertiary/aromatic N) is 4. The molecule has 2 N–H and O–H groups in total. The summed E-state index contributed by atoms with van der Waals surface area (Å²) in [5.41, 5.74) is 5.78. The minimum Gasteiger partial charge on any atom is -0.383 e. The second-order valence-electron chi connectivity index (χ2n) is 5.14. The van der Waals surface area contributed by atoms with Gasteiger partial charge in [-0.05, 0) is 13.0 Å². The summed E-state index contributed by atoms with van der Waals surface area (Å²) in [7, 11) is 3.06. The first-order valence-corrected chi connectivity index (χ1v) is 7.44. The SMILES string of the molecule is CCc1nc2c(c(=O)n(C)c(=O)n2CCOC)n1CCCN. The lowest BCUT2D eigenvalue weighted by atomic mass is 10.3. The van der Waals surface area contributed by atoms with Gasteiger partial charge >= 0.3 is 5.69 Å². The molecule has 8 heteroatoms. The third-order valence-electron chi connectivity index (χ3n) is 3.73. The van der Waals surface area contributed by atoms with E-state index >= 15 is 0 Å². The number of hydrogen-bond acceptors (Lipinski definition) is 5. The average Bonchev–Trinajstić information content (AvgIpc) is 2.89. The topological polar surface area (TPSA) is 97.1 Å². The van der Waals surface area contributed by atoms with Gasteiger partial charge < -0.3 is 15.0 Å². The number of fused-ring (bicyclic) bond motifs is 1. The predicted octanol–water partition coefficient (Wildman–Crippen LogP) is -0.546. The van der Waals surface area contributed by atoms with Crippen LogP contribution in [0.5, 0.6) is 0 Å². The Kier molecular flexibility index (Phi) is 5.15. The third-order valence-corrected chi connectivity index (χ3v) is 3.73. The van der Waals surface area contributed by atoms with Gasteiger partial charge in [0.1, 0.15) is 5.82 Å². The second-order valence-corrected chi connectivity index (χ2v) is 5.14. The van der Waals surface area contributed by atoms with E-state index in [1.165, 1.54) is 11.6 Å². The van der Waals surface area contributed by atoms with E-state index in [2.05, 4.69) is 4.98 Å². The Balaban J connectivity index is 2.78. The molecule has 0 spiro atoms. The van der Waals surface area contributed by atoms with Crippen LogP contribution in [0.2, 0.25) is 0 Å². The average molecular weight is 309 g/mol. The maximum atomic E-state index is 12.5. The summed E-state index contributed by atoms with van der Waals surface area (Å²) in [6, 6.07) is 0. The van der Waals surface area contributed by atoms with Crippen molar-refractivity contribution in [2.24, 2.45) is 12.8 Å². The summed E-state index contributed by atoms with van der Waals surface area (Å²) in [5, 5.41) is 0. The van der Waals surface area contributed by atoms with Crippen molar-refractivity contribution < 1.29 is 4.74 Å². The van der Waals surface area contributed by atoms with Crippen LogP contribution in [0.25, 0.3) is 11.2 Å². The van der Waals surface area contributed by atoms with E-state index in [1.54, 1.807) is 7.11 Å². The summed E-state index contributed by atoms with van der Waals surface area (Å²) in [5.74, 6) is 0.789. The zero-order valence-corrected chi connectivity index (χ0v) is 13.3. The van der Waals surface area contributed by atoms with Crippen LogP contribution in [-0.4, -0.2) is 38.9 Å². The Bertz CT molecular complexity index is 771. The van der Waals surface area contributed by atoms with Crippen molar-refractivity contribution in [2.75, 3.05) is 20.3 Å². The highest BCUT2D eigenvalue weighted by molar-refractivity contribution is 5.71. The molecule has 0 fully saturated rings. The monoisotopic (exact) mass is 309 g/mol. The Morgan fingerprint density at radius 1 is 1.23 bits per heavy atom. The molecule has 0 aromatic carbocycles. The zero-order valence-electron chi connectivity index (χ0n) is 13.3. The standard InChI is InChI=1S/C14H23N5O3/c1-4-10-16-12-11(18(10)7-5-6-15)13(20)17(2)14(21)19(12)8-9-22-3/h4-9,15H2,1-3H3. The van der Waals surface area contributed by atoms with Crippen molar-refractivity contribution in [2.45, 2.75) is 32.9 Å². The Morgan fingerprint density at radius 3 is 2.55 bits per heavy atom. The first kappa shape index (κ1) is 16.4. The second kappa shape index (κ2) is 6.89. The van der Waals surface area contributed by atoms with Gasteiger partial charge in [-0.2, -0.15) is 0 Å². The van der Waals surface area contributed by atoms with Crippen molar-refractivity contribution >= 4 is 11.2 Å². The molecule has 0 aliphatic rings. The lowest BCUT2D eigenvalue weighted by molar-refractivity contribution is 0.186. The van der Waals surface area contributed by atoms with Crippen LogP contribution in [-0.2, 0) is 31.3 Å². The number of ether oxygens (including phenoxy) is 1. The quantitative estimate of drug-likeness (QED) is 0.740. The van der Waals surface area contributed by atoms with E-state index in [0.29, 0.717) is 43.8 Å². The van der Waals surface area contributed by atoms with Gasteiger partial charge in [0.05, 0.1) is 13.2 Å². The van der Waals surface area contributed by atoms with Crippen LogP contribution in [0, 0.1) is 0 Å². The maximum absolute atomic E-state index is 12.5. The molecule has 0 aliphatic carbocycles. The third kappa shape index (κ3) is 2.71. The minimum absolute atomic E-state index is 0.321. The molecule has 2 heterocycles. The molecule has 0 aliphatic heterocycles. The van der Waals surface area contributed by atoms with Gasteiger partial charge in [-0.25, -0.2) is 9.78 Å². The van der Waals surface area contributed by atoms with Gasteiger partial charge in [0.25, 0.3) is 5.56 Å². The highest BCUT2D eigenvalue weighted by atomic mass is 16.5. The van der Waals surface area contributed by atoms with Gasteiger partial charge in [-0.3, -0.25) is 13.9 Å². The molecular weight excluding hydrogens is 286 g/mol. The number of rotatable bonds is 7. The fraction of sp³-hybridized carbons (Fsp3) is 0.643. The fourth-order valence-electron chi connectivity index (χ4n) is 2.55. The summed E-state index contributed by atoms with van der Waals surface area (Å²) < 4.78 is 9.55. The molecular formula is C14H23N5O3. The lowest BCUT2D eigenvalue weighted by Crippen LogP contribution is -2.39. The van der Waals surface area contributed by atoms with E-state index in [1.807, 2.05) is 11.5 Å². The van der Waals surface area contributed by atoms with Crippen molar-refractivity contribution in [3.05, 3.63) is 26.7 Å². The van der Waals surface area contributed by atoms with Crippen LogP contribution in [0.4, 0.5) is 0 Å². The molecule has 22 heavy (non-hydrogen) atoms. The molecule has 122 valence electrons. The lowest BCUT2D eigenvalue weighted by Gasteiger charge is -2.10. The molecule has 0 saturated heterocycles. The highest BCUT2D eigenvalue weighted by Gasteiger charge is 2.19. The van der Waals surface area contributed by atoms with Gasteiger partial charge in [0, 0.05) is 27.1 Å². The molecule has 2 aromatic rings. The van der Waals surface area contributed by atoms with Crippen LogP contribution in [0.15, 0.2) is 9.59 Å². The summed E-state index contributed by atoms with van der Waals surface area (Å²) >= 11 is 0. The smallest absolute Gasteiger partial charge is 0.332 e. The maximum Gasteiger partial charge on any atom is 0.332 e. The Hall–Kier alpha value is -1.93. The predicted molar refractivity (Wildman–Crippen MR) is 84.2 cm³/mol. The van der Waals surface area contributed by atoms with Crippen LogP contribution in [0.3, 0.4) is 0 Å². The van der Waals surface area contributed by atoms with Crippen LogP contribution >= 0.6 is 0 Å². The first-order chi connectivity index (χ1) is 10.6. The van der Waals surface area contributed by atoms with Gasteiger partial charge in [-0.1, -0.05) is 6.92 Å². The van der Waals surface area contributed by atoms with Gasteiger partial charge in [-0.15, -0.1) is 0 Å². The molecule has 0 amide bonds. The number of nitrogens with two attached hydrogens (primary N) is 1. The summed E-state index contributed by atoms with van der Waals surface area (Å²) in [6.07, 6.45) is 1.43. The molecule has 0 radical (unpaired) electrons. The van der Waals surface area contributed by atoms with Gasteiger partial charge in [0.2, 0.25) is 0 Å². The molecule has 8 nitrogen and oxygen atoms in total. The molecule has 2 rings (SSSR count). The zero-order chi connectivity index (χ0) is 16.3. The van der Waals surface area contributed by atoms with Gasteiger partial charge in [0.15, 0.2) is 11.2 Å². The van der Waals surface area contributed by atoms with Crippen molar-refractivity contribution in [1.82, 2.24) is 18.7 Å². The number of imidazole rings is 1. The summed E-state index contributed by atoms with van der Waals surface area (Å²) in [4.78, 5) is 29.4. The molecule has 0 atom stereocenters. The van der Waals surface area contributed by atoms with E-state index in [-0.39, 0.29) is 11.2 Å². The number of methoxy groups -OCH3 is 1. The molecule has 0 saturated carbocycles. The van der Waals surface area contributed by atoms with Crippen molar-refractivity contribution in [3.8, 4) is 0 Å². The molecule has 2 aromatic heterocycles. The summed E-state index contributed by atoms with van der Waals surface area (Å²) in [6.45, 7) is 3.87. The van der Waals surface area contributed by atoms with Crippen molar-refractivity contribution in [1.29, 1.82) is 0 Å². The minimum atomic E-state index is -0.374. The molecule has 0 unspecified atom stereocenters. The normalized spacial score (nSPS) is 11.5. The van der Waals surface area contributed by atoms with E-state index in [0.717, 1.165) is 16.8 Å². The van der Waals surface area contributed by atoms with E-state index in [4.69, 9.17) is 10.5 Å². The van der Waals surface area contributed by atoms with Crippen LogP contribution in [0.1, 0.15) is 19.2 Å². The molecule has 0 bridgehead atoms. The van der Waals surface area contributed by atoms with Crippen LogP contribution < -0.4 is 17.0 Å². The number of aryl methyl sites for hydroxylation is 2. The fourth-order valence-corrected chi connectivity index (χ4v) is 2.55. The van der Waals surface area contributed by atoms with Crippen molar-refractivity contribution in [3.63, 3.8) is 0 Å². The first-order valence-electron chi connectivity index (χ1n) is 7.44. The largest absolute Gasteiger partial charge is 0.383 e. The number of aromatic nitrogens is 4. The number of hydrogen-bond donors (Lipinski definition) is 1. The highest BCUT2D eigenvalue weighted by Crippen LogP contribution is 2.13. The van der Waals surface area contributed by atoms with E-state index in [9.17, 15) is 9.59 Å².